The zero-order chi connectivity index (χ0) is 13.4. The molecule has 19 heavy (non-hydrogen) atoms. The molecular formula is C15H19BrN2O. The van der Waals surface area contributed by atoms with Crippen molar-refractivity contribution < 1.29 is 4.79 Å². The van der Waals surface area contributed by atoms with E-state index in [0.29, 0.717) is 18.4 Å². The Kier molecular flexibility index (Phi) is 3.63. The summed E-state index contributed by atoms with van der Waals surface area (Å²) < 4.78 is 1.09. The third-order valence-corrected chi connectivity index (χ3v) is 4.87. The van der Waals surface area contributed by atoms with Gasteiger partial charge in [-0.2, -0.15) is 0 Å². The minimum absolute atomic E-state index is 0.188. The molecule has 1 saturated carbocycles. The van der Waals surface area contributed by atoms with E-state index >= 15 is 0 Å². The van der Waals surface area contributed by atoms with Gasteiger partial charge in [0.1, 0.15) is 0 Å². The van der Waals surface area contributed by atoms with Gasteiger partial charge in [-0.1, -0.05) is 28.1 Å². The monoisotopic (exact) mass is 322 g/mol. The first kappa shape index (κ1) is 13.1. The Bertz CT molecular complexity index is 474. The van der Waals surface area contributed by atoms with Crippen LogP contribution in [0.4, 0.5) is 0 Å². The number of rotatable bonds is 3. The first-order chi connectivity index (χ1) is 9.20. The van der Waals surface area contributed by atoms with E-state index in [1.807, 2.05) is 17.0 Å². The predicted molar refractivity (Wildman–Crippen MR) is 78.8 cm³/mol. The van der Waals surface area contributed by atoms with Crippen molar-refractivity contribution >= 4 is 21.8 Å². The van der Waals surface area contributed by atoms with E-state index in [0.717, 1.165) is 30.3 Å². The first-order valence-electron chi connectivity index (χ1n) is 6.96. The van der Waals surface area contributed by atoms with Crippen molar-refractivity contribution in [2.24, 2.45) is 11.7 Å². The molecule has 4 heteroatoms. The number of nitrogens with zero attached hydrogens (tertiary/aromatic N) is 1. The van der Waals surface area contributed by atoms with Crippen molar-refractivity contribution in [3.05, 3.63) is 34.3 Å². The summed E-state index contributed by atoms with van der Waals surface area (Å²) in [6, 6.07) is 8.61. The van der Waals surface area contributed by atoms with E-state index in [-0.39, 0.29) is 12.0 Å². The van der Waals surface area contributed by atoms with Crippen molar-refractivity contribution in [2.45, 2.75) is 31.2 Å². The highest BCUT2D eigenvalue weighted by molar-refractivity contribution is 9.10. The molecule has 3 rings (SSSR count). The number of halogens is 1. The highest BCUT2D eigenvalue weighted by Crippen LogP contribution is 2.49. The van der Waals surface area contributed by atoms with Crippen LogP contribution >= 0.6 is 15.9 Å². The summed E-state index contributed by atoms with van der Waals surface area (Å²) in [5, 5.41) is 0. The number of likely N-dealkylation sites (tertiary alicyclic amines) is 1. The molecule has 102 valence electrons. The van der Waals surface area contributed by atoms with Gasteiger partial charge < -0.3 is 10.6 Å². The van der Waals surface area contributed by atoms with Gasteiger partial charge in [0.2, 0.25) is 5.91 Å². The number of hydrogen-bond donors (Lipinski definition) is 1. The van der Waals surface area contributed by atoms with Gasteiger partial charge in [-0.25, -0.2) is 0 Å². The van der Waals surface area contributed by atoms with Crippen LogP contribution in [0.2, 0.25) is 0 Å². The van der Waals surface area contributed by atoms with Crippen LogP contribution in [0.5, 0.6) is 0 Å². The molecule has 3 nitrogen and oxygen atoms in total. The largest absolute Gasteiger partial charge is 0.338 e. The fourth-order valence-electron chi connectivity index (χ4n) is 3.13. The lowest BCUT2D eigenvalue weighted by molar-refractivity contribution is -0.133. The molecule has 0 radical (unpaired) electrons. The molecule has 1 aliphatic carbocycles. The topological polar surface area (TPSA) is 46.3 Å². The fourth-order valence-corrected chi connectivity index (χ4v) is 3.39. The molecule has 1 amide bonds. The summed E-state index contributed by atoms with van der Waals surface area (Å²) in [5.74, 6) is 0.925. The minimum atomic E-state index is 0.188. The Morgan fingerprint density at radius 2 is 2.11 bits per heavy atom. The molecule has 1 aliphatic heterocycles. The second-order valence-corrected chi connectivity index (χ2v) is 6.48. The molecule has 1 aromatic carbocycles. The Hall–Kier alpha value is -0.870. The maximum Gasteiger partial charge on any atom is 0.226 e. The van der Waals surface area contributed by atoms with E-state index < -0.39 is 0 Å². The molecule has 2 aliphatic rings. The van der Waals surface area contributed by atoms with Crippen LogP contribution in [0.15, 0.2) is 28.7 Å². The second kappa shape index (κ2) is 5.25. The van der Waals surface area contributed by atoms with Gasteiger partial charge in [0.05, 0.1) is 0 Å². The lowest BCUT2D eigenvalue weighted by atomic mass is 10.1. The molecule has 0 bridgehead atoms. The van der Waals surface area contributed by atoms with E-state index in [9.17, 15) is 4.79 Å². The summed E-state index contributed by atoms with van der Waals surface area (Å²) in [5.41, 5.74) is 7.03. The third kappa shape index (κ3) is 2.56. The van der Waals surface area contributed by atoms with Crippen LogP contribution in [0.1, 0.15) is 30.7 Å². The molecule has 1 saturated heterocycles. The van der Waals surface area contributed by atoms with Crippen LogP contribution in [0, 0.1) is 5.92 Å². The van der Waals surface area contributed by atoms with E-state index in [1.54, 1.807) is 0 Å². The van der Waals surface area contributed by atoms with Crippen molar-refractivity contribution in [2.75, 3.05) is 13.1 Å². The van der Waals surface area contributed by atoms with Crippen LogP contribution in [0.25, 0.3) is 0 Å². The number of amides is 1. The van der Waals surface area contributed by atoms with Crippen molar-refractivity contribution in [1.82, 2.24) is 4.90 Å². The van der Waals surface area contributed by atoms with E-state index in [2.05, 4.69) is 28.1 Å². The van der Waals surface area contributed by atoms with Crippen LogP contribution < -0.4 is 5.73 Å². The number of benzene rings is 1. The number of carbonyl (C=O) groups excluding carboxylic acids is 1. The van der Waals surface area contributed by atoms with Gasteiger partial charge in [-0.05, 0) is 42.9 Å². The molecule has 2 fully saturated rings. The molecule has 0 unspecified atom stereocenters. The van der Waals surface area contributed by atoms with Crippen molar-refractivity contribution in [1.29, 1.82) is 0 Å². The van der Waals surface area contributed by atoms with Gasteiger partial charge in [0, 0.05) is 29.5 Å². The van der Waals surface area contributed by atoms with E-state index in [4.69, 9.17) is 5.73 Å². The second-order valence-electron chi connectivity index (χ2n) is 5.56. The zero-order valence-electron chi connectivity index (χ0n) is 10.9. The van der Waals surface area contributed by atoms with Gasteiger partial charge in [-0.15, -0.1) is 0 Å². The number of hydrogen-bond acceptors (Lipinski definition) is 2. The van der Waals surface area contributed by atoms with Gasteiger partial charge in [-0.3, -0.25) is 4.79 Å². The molecular weight excluding hydrogens is 304 g/mol. The summed E-state index contributed by atoms with van der Waals surface area (Å²) in [7, 11) is 0. The Balaban J connectivity index is 1.66. The normalized spacial score (nSPS) is 29.6. The third-order valence-electron chi connectivity index (χ3n) is 4.34. The Morgan fingerprint density at radius 1 is 1.37 bits per heavy atom. The van der Waals surface area contributed by atoms with E-state index in [1.165, 1.54) is 5.56 Å². The first-order valence-corrected chi connectivity index (χ1v) is 7.76. The van der Waals surface area contributed by atoms with Crippen molar-refractivity contribution in [3.8, 4) is 0 Å². The number of nitrogens with two attached hydrogens (primary N) is 1. The average Bonchev–Trinajstić information content (AvgIpc) is 3.07. The van der Waals surface area contributed by atoms with Crippen LogP contribution in [-0.4, -0.2) is 29.9 Å². The lowest BCUT2D eigenvalue weighted by Gasteiger charge is -2.23. The van der Waals surface area contributed by atoms with Crippen LogP contribution in [0.3, 0.4) is 0 Å². The Labute approximate surface area is 122 Å². The minimum Gasteiger partial charge on any atom is -0.338 e. The zero-order valence-corrected chi connectivity index (χ0v) is 12.5. The molecule has 0 spiro atoms. The smallest absolute Gasteiger partial charge is 0.226 e. The maximum absolute atomic E-state index is 12.5. The summed E-state index contributed by atoms with van der Waals surface area (Å²) in [4.78, 5) is 14.5. The Morgan fingerprint density at radius 3 is 2.79 bits per heavy atom. The van der Waals surface area contributed by atoms with Crippen LogP contribution in [-0.2, 0) is 4.79 Å². The average molecular weight is 323 g/mol. The molecule has 3 atom stereocenters. The van der Waals surface area contributed by atoms with Gasteiger partial charge in [0.15, 0.2) is 0 Å². The molecule has 2 N–H and O–H groups in total. The molecule has 1 aromatic rings. The SMILES string of the molecule is NC[C@@H]1CCCN1C(=O)[C@@H]1C[C@H]1c1ccc(Br)cc1. The summed E-state index contributed by atoms with van der Waals surface area (Å²) >= 11 is 3.44. The highest BCUT2D eigenvalue weighted by Gasteiger charge is 2.47. The quantitative estimate of drug-likeness (QED) is 0.929. The standard InChI is InChI=1S/C15H19BrN2O/c16-11-5-3-10(4-6-11)13-8-14(13)15(19)18-7-1-2-12(18)9-17/h3-6,12-14H,1-2,7-9,17H2/t12-,13-,14+/m0/s1. The number of carbonyl (C=O) groups is 1. The van der Waals surface area contributed by atoms with Gasteiger partial charge >= 0.3 is 0 Å². The highest BCUT2D eigenvalue weighted by atomic mass is 79.9. The summed E-state index contributed by atoms with van der Waals surface area (Å²) in [6.45, 7) is 1.49. The lowest BCUT2D eigenvalue weighted by Crippen LogP contribution is -2.40. The predicted octanol–water partition coefficient (Wildman–Crippen LogP) is 2.50. The summed E-state index contributed by atoms with van der Waals surface area (Å²) in [6.07, 6.45) is 3.16. The molecule has 1 heterocycles. The maximum atomic E-state index is 12.5. The van der Waals surface area contributed by atoms with Gasteiger partial charge in [0.25, 0.3) is 0 Å². The fraction of sp³-hybridized carbons (Fsp3) is 0.533. The molecule has 0 aromatic heterocycles. The van der Waals surface area contributed by atoms with Crippen molar-refractivity contribution in [3.63, 3.8) is 0 Å².